The number of benzene rings is 2. The van der Waals surface area contributed by atoms with Crippen molar-refractivity contribution in [1.29, 1.82) is 0 Å². The van der Waals surface area contributed by atoms with Gasteiger partial charge in [-0.3, -0.25) is 9.59 Å². The molecule has 2 aromatic carbocycles. The highest BCUT2D eigenvalue weighted by Gasteiger charge is 2.28. The average molecular weight is 501 g/mol. The van der Waals surface area contributed by atoms with Crippen molar-refractivity contribution in [3.8, 4) is 5.75 Å². The van der Waals surface area contributed by atoms with Crippen molar-refractivity contribution in [2.24, 2.45) is 0 Å². The lowest BCUT2D eigenvalue weighted by Gasteiger charge is -2.34. The maximum absolute atomic E-state index is 13.2. The largest absolute Gasteiger partial charge is 0.492 e. The van der Waals surface area contributed by atoms with Gasteiger partial charge in [-0.15, -0.1) is 0 Å². The number of nitrogens with zero attached hydrogens (tertiary/aromatic N) is 4. The van der Waals surface area contributed by atoms with Crippen LogP contribution in [0.2, 0.25) is 0 Å². The second-order valence-electron chi connectivity index (χ2n) is 9.32. The fourth-order valence-electron chi connectivity index (χ4n) is 4.88. The molecule has 0 saturated carbocycles. The Labute approximate surface area is 217 Å². The normalized spacial score (nSPS) is 17.1. The van der Waals surface area contributed by atoms with Crippen molar-refractivity contribution in [3.05, 3.63) is 65.9 Å². The Morgan fingerprint density at radius 1 is 1.11 bits per heavy atom. The van der Waals surface area contributed by atoms with Gasteiger partial charge >= 0.3 is 0 Å². The Kier molecular flexibility index (Phi) is 6.71. The van der Waals surface area contributed by atoms with Gasteiger partial charge in [0.05, 0.1) is 41.1 Å². The highest BCUT2D eigenvalue weighted by molar-refractivity contribution is 6.13. The summed E-state index contributed by atoms with van der Waals surface area (Å²) in [6.45, 7) is 6.67. The van der Waals surface area contributed by atoms with Crippen LogP contribution in [0.25, 0.3) is 0 Å². The summed E-state index contributed by atoms with van der Waals surface area (Å²) in [5.41, 5.74) is 4.32. The molecule has 0 radical (unpaired) electrons. The van der Waals surface area contributed by atoms with Gasteiger partial charge in [0.15, 0.2) is 0 Å². The molecular weight excluding hydrogens is 468 g/mol. The lowest BCUT2D eigenvalue weighted by atomic mass is 10.1. The van der Waals surface area contributed by atoms with Crippen LogP contribution in [0.3, 0.4) is 0 Å². The van der Waals surface area contributed by atoms with Crippen molar-refractivity contribution in [1.82, 2.24) is 15.2 Å². The van der Waals surface area contributed by atoms with Crippen molar-refractivity contribution >= 4 is 40.4 Å². The van der Waals surface area contributed by atoms with Crippen LogP contribution in [-0.4, -0.2) is 68.1 Å². The molecule has 3 aromatic rings. The molecule has 2 amide bonds. The summed E-state index contributed by atoms with van der Waals surface area (Å²) in [4.78, 5) is 36.4. The number of hydrogen-bond acceptors (Lipinski definition) is 7. The number of nitrogens with one attached hydrogen (secondary N) is 2. The molecule has 1 saturated heterocycles. The van der Waals surface area contributed by atoms with Crippen molar-refractivity contribution in [3.63, 3.8) is 0 Å². The van der Waals surface area contributed by atoms with E-state index < -0.39 is 0 Å². The van der Waals surface area contributed by atoms with E-state index in [2.05, 4.69) is 15.6 Å². The molecule has 2 aliphatic rings. The summed E-state index contributed by atoms with van der Waals surface area (Å²) in [6.07, 6.45) is 1.70. The second kappa shape index (κ2) is 10.1. The molecule has 2 aliphatic heterocycles. The first-order chi connectivity index (χ1) is 17.9. The molecule has 1 aromatic heterocycles. The van der Waals surface area contributed by atoms with Crippen LogP contribution in [0.1, 0.15) is 34.6 Å². The molecule has 37 heavy (non-hydrogen) atoms. The fourth-order valence-corrected chi connectivity index (χ4v) is 4.88. The van der Waals surface area contributed by atoms with Gasteiger partial charge in [-0.25, -0.2) is 4.98 Å². The Balaban J connectivity index is 1.46. The molecule has 192 valence electrons. The Morgan fingerprint density at radius 2 is 1.92 bits per heavy atom. The number of amides is 2. The molecule has 3 heterocycles. The SMILES string of the molecule is CCOc1cc(C(=O)N2CCNC[C@@H]2C)ccc1Nc1cc2c(cn1)N(C)C(=O)c1ccccc1N2C. The number of rotatable bonds is 5. The van der Waals surface area contributed by atoms with E-state index in [-0.39, 0.29) is 17.9 Å². The van der Waals surface area contributed by atoms with E-state index in [0.717, 1.165) is 24.5 Å². The predicted octanol–water partition coefficient (Wildman–Crippen LogP) is 4.02. The van der Waals surface area contributed by atoms with E-state index in [4.69, 9.17) is 4.74 Å². The number of hydrogen-bond donors (Lipinski definition) is 2. The van der Waals surface area contributed by atoms with Gasteiger partial charge in [0, 0.05) is 51.4 Å². The molecule has 0 spiro atoms. The minimum absolute atomic E-state index is 0.00217. The molecule has 5 rings (SSSR count). The number of pyridine rings is 1. The average Bonchev–Trinajstić information content (AvgIpc) is 2.99. The molecule has 0 aliphatic carbocycles. The van der Waals surface area contributed by atoms with Gasteiger partial charge in [0.25, 0.3) is 11.8 Å². The number of aromatic nitrogens is 1. The monoisotopic (exact) mass is 500 g/mol. The minimum atomic E-state index is -0.0820. The van der Waals surface area contributed by atoms with Gasteiger partial charge < -0.3 is 30.1 Å². The van der Waals surface area contributed by atoms with E-state index in [1.54, 1.807) is 24.2 Å². The first kappa shape index (κ1) is 24.6. The van der Waals surface area contributed by atoms with E-state index in [0.29, 0.717) is 47.2 Å². The zero-order chi connectivity index (χ0) is 26.1. The number of carbonyl (C=O) groups is 2. The van der Waals surface area contributed by atoms with Gasteiger partial charge in [0.2, 0.25) is 0 Å². The number of anilines is 5. The molecule has 0 bridgehead atoms. The third kappa shape index (κ3) is 4.58. The molecule has 9 nitrogen and oxygen atoms in total. The maximum atomic E-state index is 13.2. The third-order valence-corrected chi connectivity index (χ3v) is 6.94. The van der Waals surface area contributed by atoms with Crippen LogP contribution >= 0.6 is 0 Å². The summed E-state index contributed by atoms with van der Waals surface area (Å²) >= 11 is 0. The summed E-state index contributed by atoms with van der Waals surface area (Å²) in [5.74, 6) is 1.10. The molecule has 1 atom stereocenters. The van der Waals surface area contributed by atoms with E-state index in [1.807, 2.05) is 73.2 Å². The van der Waals surface area contributed by atoms with Crippen molar-refractivity contribution < 1.29 is 14.3 Å². The lowest BCUT2D eigenvalue weighted by molar-refractivity contribution is 0.0655. The zero-order valence-corrected chi connectivity index (χ0v) is 21.6. The maximum Gasteiger partial charge on any atom is 0.260 e. The van der Waals surface area contributed by atoms with E-state index in [1.165, 1.54) is 0 Å². The van der Waals surface area contributed by atoms with Gasteiger partial charge in [-0.2, -0.15) is 0 Å². The Hall–Kier alpha value is -4.11. The van der Waals surface area contributed by atoms with E-state index in [9.17, 15) is 9.59 Å². The quantitative estimate of drug-likeness (QED) is 0.547. The number of carbonyl (C=O) groups excluding carboxylic acids is 2. The van der Waals surface area contributed by atoms with E-state index >= 15 is 0 Å². The van der Waals surface area contributed by atoms with Crippen LogP contribution in [0.5, 0.6) is 5.75 Å². The minimum Gasteiger partial charge on any atom is -0.492 e. The van der Waals surface area contributed by atoms with Crippen molar-refractivity contribution in [2.45, 2.75) is 19.9 Å². The topological polar surface area (TPSA) is 90.0 Å². The Bertz CT molecular complexity index is 1340. The summed E-state index contributed by atoms with van der Waals surface area (Å²) in [7, 11) is 3.70. The first-order valence-corrected chi connectivity index (χ1v) is 12.6. The zero-order valence-electron chi connectivity index (χ0n) is 21.6. The lowest BCUT2D eigenvalue weighted by Crippen LogP contribution is -2.52. The molecule has 2 N–H and O–H groups in total. The van der Waals surface area contributed by atoms with Crippen LogP contribution in [0.4, 0.5) is 28.6 Å². The summed E-state index contributed by atoms with van der Waals surface area (Å²) in [6, 6.07) is 15.1. The molecule has 9 heteroatoms. The summed E-state index contributed by atoms with van der Waals surface area (Å²) < 4.78 is 5.91. The first-order valence-electron chi connectivity index (χ1n) is 12.6. The highest BCUT2D eigenvalue weighted by atomic mass is 16.5. The highest BCUT2D eigenvalue weighted by Crippen LogP contribution is 2.40. The molecule has 1 fully saturated rings. The Morgan fingerprint density at radius 3 is 2.70 bits per heavy atom. The number of ether oxygens (including phenoxy) is 1. The fraction of sp³-hybridized carbons (Fsp3) is 0.321. The molecule has 0 unspecified atom stereocenters. The predicted molar refractivity (Wildman–Crippen MR) is 146 cm³/mol. The van der Waals surface area contributed by atoms with Crippen LogP contribution < -0.4 is 25.2 Å². The van der Waals surface area contributed by atoms with Crippen LogP contribution in [0, 0.1) is 0 Å². The van der Waals surface area contributed by atoms with Gasteiger partial charge in [-0.05, 0) is 44.2 Å². The third-order valence-electron chi connectivity index (χ3n) is 6.94. The van der Waals surface area contributed by atoms with Gasteiger partial charge in [0.1, 0.15) is 11.6 Å². The van der Waals surface area contributed by atoms with Crippen molar-refractivity contribution in [2.75, 3.05) is 55.5 Å². The number of fused-ring (bicyclic) bond motifs is 2. The smallest absolute Gasteiger partial charge is 0.260 e. The van der Waals surface area contributed by atoms with Crippen LogP contribution in [-0.2, 0) is 0 Å². The molecular formula is C28H32N6O3. The standard InChI is InChI=1S/C28H32N6O3/c1-5-37-25-14-19(27(35)34-13-12-29-16-18(34)2)10-11-21(25)31-26-15-23-24(17-30-26)33(4)28(36)20-8-6-7-9-22(20)32(23)3/h6-11,14-15,17-18,29H,5,12-13,16H2,1-4H3,(H,30,31)/t18-/m0/s1. The second-order valence-corrected chi connectivity index (χ2v) is 9.32. The number of piperazine rings is 1. The van der Waals surface area contributed by atoms with Gasteiger partial charge in [-0.1, -0.05) is 12.1 Å². The van der Waals surface area contributed by atoms with Crippen LogP contribution in [0.15, 0.2) is 54.7 Å². The summed E-state index contributed by atoms with van der Waals surface area (Å²) in [5, 5.41) is 6.67. The number of para-hydroxylation sites is 1.